The van der Waals surface area contributed by atoms with Crippen molar-refractivity contribution >= 4 is 0 Å². The Morgan fingerprint density at radius 1 is 0.935 bits per heavy atom. The van der Waals surface area contributed by atoms with Crippen LogP contribution >= 0.6 is 0 Å². The van der Waals surface area contributed by atoms with E-state index in [9.17, 15) is 22.0 Å². The van der Waals surface area contributed by atoms with Gasteiger partial charge in [-0.25, -0.2) is 8.78 Å². The summed E-state index contributed by atoms with van der Waals surface area (Å²) in [6.07, 6.45) is 6.62. The molecule has 31 heavy (non-hydrogen) atoms. The summed E-state index contributed by atoms with van der Waals surface area (Å²) < 4.78 is 65.0. The second-order valence-electron chi connectivity index (χ2n) is 8.01. The molecular weight excluding hydrogens is 407 g/mol. The maximum Gasteiger partial charge on any atom is 0.458 e. The molecule has 3 rings (SSSR count). The van der Waals surface area contributed by atoms with Crippen LogP contribution in [0.4, 0.5) is 22.0 Å². The molecule has 0 aliphatic heterocycles. The third kappa shape index (κ3) is 6.43. The van der Waals surface area contributed by atoms with Gasteiger partial charge in [0.05, 0.1) is 5.56 Å². The van der Waals surface area contributed by atoms with Crippen LogP contribution in [0, 0.1) is 29.4 Å². The molecule has 0 unspecified atom stereocenters. The maximum atomic E-state index is 14.2. The Kier molecular flexibility index (Phi) is 7.54. The molecule has 164 valence electrons. The first kappa shape index (κ1) is 23.1. The zero-order chi connectivity index (χ0) is 22.4. The molecule has 0 radical (unpaired) electrons. The normalized spacial score (nSPS) is 19.3. The molecule has 0 N–H and O–H groups in total. The van der Waals surface area contributed by atoms with Gasteiger partial charge in [-0.1, -0.05) is 55.7 Å². The fraction of sp³-hybridized carbons (Fsp3) is 0.385. The first-order chi connectivity index (χ1) is 14.8. The summed E-state index contributed by atoms with van der Waals surface area (Å²) in [4.78, 5) is 0. The summed E-state index contributed by atoms with van der Waals surface area (Å²) >= 11 is 0. The predicted molar refractivity (Wildman–Crippen MR) is 113 cm³/mol. The number of hydrogen-bond donors (Lipinski definition) is 0. The van der Waals surface area contributed by atoms with Crippen LogP contribution in [0.3, 0.4) is 0 Å². The van der Waals surface area contributed by atoms with Crippen molar-refractivity contribution in [2.75, 3.05) is 0 Å². The Morgan fingerprint density at radius 3 is 2.10 bits per heavy atom. The van der Waals surface area contributed by atoms with Gasteiger partial charge in [-0.3, -0.25) is 0 Å². The van der Waals surface area contributed by atoms with Gasteiger partial charge in [0.1, 0.15) is 11.6 Å². The van der Waals surface area contributed by atoms with Crippen molar-refractivity contribution in [2.45, 2.75) is 57.5 Å². The molecule has 1 saturated carbocycles. The number of rotatable bonds is 5. The Labute approximate surface area is 180 Å². The van der Waals surface area contributed by atoms with E-state index in [2.05, 4.69) is 19.1 Å². The largest absolute Gasteiger partial charge is 0.458 e. The lowest BCUT2D eigenvalue weighted by molar-refractivity contribution is -0.0696. The minimum absolute atomic E-state index is 0.267. The molecule has 1 aliphatic rings. The van der Waals surface area contributed by atoms with Crippen LogP contribution in [-0.2, 0) is 0 Å². The average Bonchev–Trinajstić information content (AvgIpc) is 2.73. The number of hydrogen-bond acceptors (Lipinski definition) is 0. The van der Waals surface area contributed by atoms with Gasteiger partial charge in [-0.15, -0.1) is 0 Å². The molecule has 0 nitrogen and oxygen atoms in total. The average molecular weight is 432 g/mol. The lowest BCUT2D eigenvalue weighted by Gasteiger charge is -2.27. The van der Waals surface area contributed by atoms with Crippen molar-refractivity contribution in [3.63, 3.8) is 0 Å². The van der Waals surface area contributed by atoms with Gasteiger partial charge in [0.15, 0.2) is 0 Å². The molecule has 0 aromatic heterocycles. The van der Waals surface area contributed by atoms with Crippen molar-refractivity contribution < 1.29 is 22.0 Å². The third-order valence-corrected chi connectivity index (χ3v) is 5.72. The molecule has 2 aromatic rings. The third-order valence-electron chi connectivity index (χ3n) is 5.72. The Morgan fingerprint density at radius 2 is 1.55 bits per heavy atom. The number of halogens is 5. The van der Waals surface area contributed by atoms with Crippen LogP contribution in [0.5, 0.6) is 0 Å². The van der Waals surface area contributed by atoms with Gasteiger partial charge in [0.25, 0.3) is 0 Å². The number of unbranched alkanes of at least 4 members (excludes halogenated alkanes) is 1. The van der Waals surface area contributed by atoms with Crippen LogP contribution < -0.4 is 0 Å². The van der Waals surface area contributed by atoms with Crippen LogP contribution in [0.1, 0.15) is 62.5 Å². The van der Waals surface area contributed by atoms with Crippen LogP contribution in [0.2, 0.25) is 0 Å². The van der Waals surface area contributed by atoms with Crippen molar-refractivity contribution in [3.8, 4) is 23.0 Å². The Hall–Kier alpha value is -2.61. The SMILES string of the molecule is CCC/C=C/C1CCC(c2ccc(-c3cc(F)c(C#CC(F)(F)F)c(F)c3)cc2)CC1. The van der Waals surface area contributed by atoms with Gasteiger partial charge in [-0.05, 0) is 72.8 Å². The van der Waals surface area contributed by atoms with Crippen molar-refractivity contribution in [3.05, 3.63) is 71.3 Å². The Balaban J connectivity index is 1.70. The van der Waals surface area contributed by atoms with Gasteiger partial charge in [0, 0.05) is 5.92 Å². The van der Waals surface area contributed by atoms with E-state index >= 15 is 0 Å². The highest BCUT2D eigenvalue weighted by Crippen LogP contribution is 2.37. The van der Waals surface area contributed by atoms with Crippen LogP contribution in [0.15, 0.2) is 48.6 Å². The minimum atomic E-state index is -4.81. The lowest BCUT2D eigenvalue weighted by atomic mass is 9.78. The van der Waals surface area contributed by atoms with Crippen LogP contribution in [-0.4, -0.2) is 6.18 Å². The quantitative estimate of drug-likeness (QED) is 0.254. The summed E-state index contributed by atoms with van der Waals surface area (Å²) in [5.74, 6) is 1.35. The van der Waals surface area contributed by atoms with E-state index in [0.29, 0.717) is 17.4 Å². The second kappa shape index (κ2) is 10.1. The van der Waals surface area contributed by atoms with E-state index in [1.54, 1.807) is 18.1 Å². The minimum Gasteiger partial charge on any atom is -0.205 e. The monoisotopic (exact) mass is 432 g/mol. The fourth-order valence-electron chi connectivity index (χ4n) is 4.04. The van der Waals surface area contributed by atoms with Gasteiger partial charge >= 0.3 is 6.18 Å². The van der Waals surface area contributed by atoms with Crippen molar-refractivity contribution in [1.29, 1.82) is 0 Å². The predicted octanol–water partition coefficient (Wildman–Crippen LogP) is 8.18. The molecule has 0 heterocycles. The zero-order valence-corrected chi connectivity index (χ0v) is 17.4. The summed E-state index contributed by atoms with van der Waals surface area (Å²) in [5, 5.41) is 0. The van der Waals surface area contributed by atoms with E-state index in [0.717, 1.165) is 56.6 Å². The Bertz CT molecular complexity index is 943. The van der Waals surface area contributed by atoms with E-state index in [4.69, 9.17) is 0 Å². The second-order valence-corrected chi connectivity index (χ2v) is 8.01. The smallest absolute Gasteiger partial charge is 0.205 e. The van der Waals surface area contributed by atoms with Crippen molar-refractivity contribution in [1.82, 2.24) is 0 Å². The fourth-order valence-corrected chi connectivity index (χ4v) is 4.04. The number of alkyl halides is 3. The molecule has 0 saturated heterocycles. The number of allylic oxidation sites excluding steroid dienone is 2. The first-order valence-electron chi connectivity index (χ1n) is 10.6. The highest BCUT2D eigenvalue weighted by atomic mass is 19.4. The van der Waals surface area contributed by atoms with E-state index in [1.165, 1.54) is 5.56 Å². The van der Waals surface area contributed by atoms with Gasteiger partial charge < -0.3 is 0 Å². The van der Waals surface area contributed by atoms with E-state index in [1.807, 2.05) is 12.1 Å². The molecule has 1 aliphatic carbocycles. The summed E-state index contributed by atoms with van der Waals surface area (Å²) in [6, 6.07) is 9.59. The first-order valence-corrected chi connectivity index (χ1v) is 10.6. The molecule has 1 fully saturated rings. The molecule has 0 spiro atoms. The van der Waals surface area contributed by atoms with Crippen molar-refractivity contribution in [2.24, 2.45) is 5.92 Å². The van der Waals surface area contributed by atoms with Gasteiger partial charge in [-0.2, -0.15) is 13.2 Å². The zero-order valence-electron chi connectivity index (χ0n) is 17.4. The van der Waals surface area contributed by atoms with Crippen LogP contribution in [0.25, 0.3) is 11.1 Å². The van der Waals surface area contributed by atoms with E-state index in [-0.39, 0.29) is 5.56 Å². The highest BCUT2D eigenvalue weighted by Gasteiger charge is 2.24. The molecule has 5 heteroatoms. The maximum absolute atomic E-state index is 14.2. The summed E-state index contributed by atoms with van der Waals surface area (Å²) in [7, 11) is 0. The van der Waals surface area contributed by atoms with Gasteiger partial charge in [0.2, 0.25) is 0 Å². The summed E-state index contributed by atoms with van der Waals surface area (Å²) in [5.41, 5.74) is 1.20. The molecule has 2 aromatic carbocycles. The standard InChI is InChI=1S/C26H25F5/c1-2-3-4-5-18-6-8-19(9-7-18)20-10-12-21(13-11-20)22-16-24(27)23(25(28)17-22)14-15-26(29,30)31/h4-5,10-13,16-19H,2-3,6-9H2,1H3/b5-4+. The molecule has 0 amide bonds. The molecule has 0 bridgehead atoms. The lowest BCUT2D eigenvalue weighted by Crippen LogP contribution is -2.11. The number of benzene rings is 2. The van der Waals surface area contributed by atoms with E-state index < -0.39 is 23.4 Å². The molecular formula is C26H25F5. The topological polar surface area (TPSA) is 0 Å². The summed E-state index contributed by atoms with van der Waals surface area (Å²) in [6.45, 7) is 2.17. The highest BCUT2D eigenvalue weighted by molar-refractivity contribution is 5.65. The molecule has 0 atom stereocenters.